The number of rotatable bonds is 0. The van der Waals surface area contributed by atoms with Crippen molar-refractivity contribution in [1.82, 2.24) is 9.97 Å². The highest BCUT2D eigenvalue weighted by atomic mass is 19.1. The number of nitrogens with zero attached hydrogens (tertiary/aromatic N) is 1. The number of hydrogen-bond donors (Lipinski definition) is 1. The Morgan fingerprint density at radius 3 is 3.17 bits per heavy atom. The van der Waals surface area contributed by atoms with Gasteiger partial charge in [0.05, 0.1) is 6.20 Å². The van der Waals surface area contributed by atoms with Gasteiger partial charge in [0.15, 0.2) is 0 Å². The Morgan fingerprint density at radius 1 is 1.50 bits per heavy atom. The smallest absolute Gasteiger partial charge is 0.274 e. The van der Waals surface area contributed by atoms with Gasteiger partial charge in [0.1, 0.15) is 11.3 Å². The lowest BCUT2D eigenvalue weighted by Crippen LogP contribution is -2.06. The summed E-state index contributed by atoms with van der Waals surface area (Å²) in [6, 6.07) is 2.88. The molecule has 60 valence electrons. The highest BCUT2D eigenvalue weighted by molar-refractivity contribution is 5.76. The molecule has 0 radical (unpaired) electrons. The van der Waals surface area contributed by atoms with Crippen LogP contribution in [0.25, 0.3) is 10.9 Å². The molecule has 12 heavy (non-hydrogen) atoms. The van der Waals surface area contributed by atoms with Gasteiger partial charge in [-0.3, -0.25) is 4.79 Å². The second-order valence-corrected chi connectivity index (χ2v) is 2.40. The minimum Gasteiger partial charge on any atom is -0.327 e. The van der Waals surface area contributed by atoms with E-state index in [1.807, 2.05) is 0 Å². The Kier molecular flexibility index (Phi) is 1.40. The molecule has 0 amide bonds. The fraction of sp³-hybridized carbons (Fsp3) is 0. The standard InChI is InChI=1S/C8H5FN2O/c9-6-3-5-1-2-10-8(12)7(5)11-4-6/h1-4H,(H,10,12). The van der Waals surface area contributed by atoms with Crippen molar-refractivity contribution in [2.45, 2.75) is 0 Å². The Balaban J connectivity index is 2.96. The molecule has 2 heterocycles. The molecule has 0 aromatic carbocycles. The van der Waals surface area contributed by atoms with Crippen LogP contribution in [0.5, 0.6) is 0 Å². The lowest BCUT2D eigenvalue weighted by molar-refractivity contribution is 0.624. The number of aromatic nitrogens is 2. The summed E-state index contributed by atoms with van der Waals surface area (Å²) in [6.07, 6.45) is 2.49. The number of hydrogen-bond acceptors (Lipinski definition) is 2. The second kappa shape index (κ2) is 2.41. The zero-order valence-electron chi connectivity index (χ0n) is 6.04. The first-order valence-electron chi connectivity index (χ1n) is 3.40. The number of halogens is 1. The Bertz CT molecular complexity index is 478. The Hall–Kier alpha value is -1.71. The molecule has 1 N–H and O–H groups in total. The first-order valence-corrected chi connectivity index (χ1v) is 3.40. The third-order valence-corrected chi connectivity index (χ3v) is 1.58. The third kappa shape index (κ3) is 0.972. The summed E-state index contributed by atoms with van der Waals surface area (Å²) in [5, 5.41) is 0.513. The molecular formula is C8H5FN2O. The van der Waals surface area contributed by atoms with Crippen molar-refractivity contribution >= 4 is 10.9 Å². The van der Waals surface area contributed by atoms with Crippen molar-refractivity contribution in [1.29, 1.82) is 0 Å². The zero-order valence-corrected chi connectivity index (χ0v) is 6.04. The van der Waals surface area contributed by atoms with Crippen LogP contribution in [0, 0.1) is 5.82 Å². The van der Waals surface area contributed by atoms with E-state index in [0.717, 1.165) is 6.20 Å². The summed E-state index contributed by atoms with van der Waals surface area (Å²) in [4.78, 5) is 17.2. The number of nitrogens with one attached hydrogen (secondary N) is 1. The van der Waals surface area contributed by atoms with E-state index >= 15 is 0 Å². The molecule has 0 aliphatic rings. The van der Waals surface area contributed by atoms with Gasteiger partial charge in [0.25, 0.3) is 5.56 Å². The van der Waals surface area contributed by atoms with Gasteiger partial charge in [-0.1, -0.05) is 0 Å². The Labute approximate surface area is 66.9 Å². The molecule has 0 bridgehead atoms. The summed E-state index contributed by atoms with van der Waals surface area (Å²) in [7, 11) is 0. The average Bonchev–Trinajstić information content (AvgIpc) is 2.04. The topological polar surface area (TPSA) is 45.8 Å². The molecule has 0 fully saturated rings. The minimum absolute atomic E-state index is 0.263. The van der Waals surface area contributed by atoms with Gasteiger partial charge < -0.3 is 4.98 Å². The van der Waals surface area contributed by atoms with E-state index in [-0.39, 0.29) is 11.1 Å². The van der Waals surface area contributed by atoms with E-state index in [4.69, 9.17) is 0 Å². The second-order valence-electron chi connectivity index (χ2n) is 2.40. The summed E-state index contributed by atoms with van der Waals surface area (Å²) >= 11 is 0. The fourth-order valence-corrected chi connectivity index (χ4v) is 1.05. The van der Waals surface area contributed by atoms with Crippen LogP contribution >= 0.6 is 0 Å². The predicted octanol–water partition coefficient (Wildman–Crippen LogP) is 1.06. The summed E-state index contributed by atoms with van der Waals surface area (Å²) in [5.41, 5.74) is -0.0357. The molecule has 0 atom stereocenters. The van der Waals surface area contributed by atoms with Crippen LogP contribution in [0.15, 0.2) is 29.3 Å². The van der Waals surface area contributed by atoms with E-state index in [1.165, 1.54) is 12.3 Å². The normalized spacial score (nSPS) is 10.4. The molecule has 4 heteroatoms. The van der Waals surface area contributed by atoms with Gasteiger partial charge >= 0.3 is 0 Å². The summed E-state index contributed by atoms with van der Waals surface area (Å²) in [5.74, 6) is -0.437. The van der Waals surface area contributed by atoms with E-state index in [0.29, 0.717) is 5.39 Å². The van der Waals surface area contributed by atoms with Gasteiger partial charge in [-0.15, -0.1) is 0 Å². The van der Waals surface area contributed by atoms with E-state index < -0.39 is 5.82 Å². The quantitative estimate of drug-likeness (QED) is 0.632. The maximum Gasteiger partial charge on any atom is 0.274 e. The van der Waals surface area contributed by atoms with Crippen molar-refractivity contribution < 1.29 is 4.39 Å². The molecule has 0 unspecified atom stereocenters. The fourth-order valence-electron chi connectivity index (χ4n) is 1.05. The predicted molar refractivity (Wildman–Crippen MR) is 42.3 cm³/mol. The van der Waals surface area contributed by atoms with Crippen molar-refractivity contribution in [3.05, 3.63) is 40.7 Å². The molecule has 2 aromatic rings. The van der Waals surface area contributed by atoms with Gasteiger partial charge in [0, 0.05) is 11.6 Å². The van der Waals surface area contributed by atoms with Crippen LogP contribution < -0.4 is 5.56 Å². The van der Waals surface area contributed by atoms with Crippen LogP contribution in [0.1, 0.15) is 0 Å². The number of aromatic amines is 1. The molecule has 2 rings (SSSR count). The number of H-pyrrole nitrogens is 1. The van der Waals surface area contributed by atoms with Crippen molar-refractivity contribution in [2.75, 3.05) is 0 Å². The van der Waals surface area contributed by atoms with E-state index in [1.54, 1.807) is 6.07 Å². The minimum atomic E-state index is -0.437. The molecule has 0 aliphatic heterocycles. The highest BCUT2D eigenvalue weighted by Gasteiger charge is 1.99. The molecule has 0 saturated carbocycles. The molecule has 3 nitrogen and oxygen atoms in total. The number of fused-ring (bicyclic) bond motifs is 1. The summed E-state index contributed by atoms with van der Waals surface area (Å²) in [6.45, 7) is 0. The van der Waals surface area contributed by atoms with Crippen LogP contribution in [-0.2, 0) is 0 Å². The molecule has 2 aromatic heterocycles. The molecular weight excluding hydrogens is 159 g/mol. The van der Waals surface area contributed by atoms with Gasteiger partial charge in [0.2, 0.25) is 0 Å². The lowest BCUT2D eigenvalue weighted by atomic mass is 10.3. The van der Waals surface area contributed by atoms with Crippen molar-refractivity contribution in [3.8, 4) is 0 Å². The summed E-state index contributed by atoms with van der Waals surface area (Å²) < 4.78 is 12.6. The van der Waals surface area contributed by atoms with Crippen LogP contribution in [-0.4, -0.2) is 9.97 Å². The maximum absolute atomic E-state index is 12.6. The first kappa shape index (κ1) is 6.97. The first-order chi connectivity index (χ1) is 5.77. The Morgan fingerprint density at radius 2 is 2.33 bits per heavy atom. The van der Waals surface area contributed by atoms with Gasteiger partial charge in [-0.2, -0.15) is 0 Å². The van der Waals surface area contributed by atoms with Crippen LogP contribution in [0.4, 0.5) is 4.39 Å². The van der Waals surface area contributed by atoms with E-state index in [2.05, 4.69) is 9.97 Å². The zero-order chi connectivity index (χ0) is 8.55. The van der Waals surface area contributed by atoms with Crippen molar-refractivity contribution in [3.63, 3.8) is 0 Å². The number of pyridine rings is 2. The van der Waals surface area contributed by atoms with Crippen LogP contribution in [0.2, 0.25) is 0 Å². The monoisotopic (exact) mass is 164 g/mol. The van der Waals surface area contributed by atoms with Crippen LogP contribution in [0.3, 0.4) is 0 Å². The molecule has 0 aliphatic carbocycles. The maximum atomic E-state index is 12.6. The molecule has 0 saturated heterocycles. The largest absolute Gasteiger partial charge is 0.327 e. The van der Waals surface area contributed by atoms with E-state index in [9.17, 15) is 9.18 Å². The highest BCUT2D eigenvalue weighted by Crippen LogP contribution is 2.06. The SMILES string of the molecule is O=c1[nH]ccc2cc(F)cnc12. The molecule has 0 spiro atoms. The lowest BCUT2D eigenvalue weighted by Gasteiger charge is -1.93. The third-order valence-electron chi connectivity index (χ3n) is 1.58. The van der Waals surface area contributed by atoms with Gasteiger partial charge in [-0.25, -0.2) is 9.37 Å². The average molecular weight is 164 g/mol. The van der Waals surface area contributed by atoms with Gasteiger partial charge in [-0.05, 0) is 12.1 Å². The van der Waals surface area contributed by atoms with Crippen molar-refractivity contribution in [2.24, 2.45) is 0 Å².